The Morgan fingerprint density at radius 3 is 1.45 bits per heavy atom. The molecule has 2 aliphatic rings. The Bertz CT molecular complexity index is 1460. The summed E-state index contributed by atoms with van der Waals surface area (Å²) in [4.78, 5) is 0. The van der Waals surface area contributed by atoms with E-state index in [0.29, 0.717) is 56.9 Å². The van der Waals surface area contributed by atoms with Gasteiger partial charge in [0.25, 0.3) is 0 Å². The molecule has 9 heteroatoms. The highest BCUT2D eigenvalue weighted by molar-refractivity contribution is 5.36. The van der Waals surface area contributed by atoms with Crippen molar-refractivity contribution in [2.24, 2.45) is 5.92 Å². The van der Waals surface area contributed by atoms with Crippen LogP contribution in [0.1, 0.15) is 111 Å². The third-order valence-electron chi connectivity index (χ3n) is 9.41. The van der Waals surface area contributed by atoms with E-state index in [-0.39, 0.29) is 65.1 Å². The van der Waals surface area contributed by atoms with Crippen LogP contribution >= 0.6 is 0 Å². The maximum Gasteiger partial charge on any atom is 0.200 e. The lowest BCUT2D eigenvalue weighted by molar-refractivity contribution is 0.188. The minimum atomic E-state index is -1.10. The molecule has 1 unspecified atom stereocenters. The summed E-state index contributed by atoms with van der Waals surface area (Å²) in [5.74, 6) is -6.74. The van der Waals surface area contributed by atoms with E-state index in [1.54, 1.807) is 19.1 Å². The van der Waals surface area contributed by atoms with Gasteiger partial charge in [0.05, 0.1) is 19.3 Å². The van der Waals surface area contributed by atoms with Gasteiger partial charge in [-0.05, 0) is 118 Å². The fourth-order valence-electron chi connectivity index (χ4n) is 6.88. The second-order valence-electron chi connectivity index (χ2n) is 12.1. The van der Waals surface area contributed by atoms with Crippen LogP contribution in [0.5, 0.6) is 11.5 Å². The van der Waals surface area contributed by atoms with E-state index in [0.717, 1.165) is 0 Å². The van der Waals surface area contributed by atoms with Gasteiger partial charge >= 0.3 is 0 Å². The van der Waals surface area contributed by atoms with Crippen molar-refractivity contribution in [2.75, 3.05) is 13.2 Å². The topological polar surface area (TPSA) is 38.7 Å². The van der Waals surface area contributed by atoms with E-state index in [1.807, 2.05) is 0 Å². The van der Waals surface area contributed by atoms with Crippen molar-refractivity contribution in [2.45, 2.75) is 89.1 Å². The Kier molecular flexibility index (Phi) is 10.1. The first kappa shape index (κ1) is 32.2. The summed E-state index contributed by atoms with van der Waals surface area (Å²) in [5.41, 5.74) is 0.751. The van der Waals surface area contributed by atoms with E-state index < -0.39 is 41.0 Å². The van der Waals surface area contributed by atoms with Gasteiger partial charge in [-0.15, -0.1) is 0 Å². The Morgan fingerprint density at radius 2 is 1.00 bits per heavy atom. The first-order valence-corrected chi connectivity index (χ1v) is 15.5. The number of ether oxygens (including phenoxy) is 2. The number of hydrogen-bond donors (Lipinski definition) is 1. The molecule has 44 heavy (non-hydrogen) atoms. The van der Waals surface area contributed by atoms with Gasteiger partial charge in [0, 0.05) is 5.56 Å². The molecule has 0 heterocycles. The van der Waals surface area contributed by atoms with Crippen LogP contribution in [0.4, 0.5) is 26.3 Å². The van der Waals surface area contributed by atoms with Crippen LogP contribution in [-0.2, 0) is 0 Å². The van der Waals surface area contributed by atoms with Crippen molar-refractivity contribution in [3.8, 4) is 11.5 Å². The summed E-state index contributed by atoms with van der Waals surface area (Å²) in [5, 5.41) is 9.62. The summed E-state index contributed by atoms with van der Waals surface area (Å²) in [6.07, 6.45) is 3.46. The Balaban J connectivity index is 1.15. The number of benzene rings is 3. The van der Waals surface area contributed by atoms with Crippen molar-refractivity contribution in [1.82, 2.24) is 0 Å². The lowest BCUT2D eigenvalue weighted by Gasteiger charge is -2.30. The second kappa shape index (κ2) is 13.8. The van der Waals surface area contributed by atoms with Crippen LogP contribution in [0.3, 0.4) is 0 Å². The fourth-order valence-corrected chi connectivity index (χ4v) is 6.88. The van der Waals surface area contributed by atoms with Crippen molar-refractivity contribution >= 4 is 0 Å². The maximum absolute atomic E-state index is 15.2. The Morgan fingerprint density at radius 1 is 0.591 bits per heavy atom. The molecular weight excluding hydrogens is 582 g/mol. The minimum Gasteiger partial charge on any atom is -0.491 e. The monoisotopic (exact) mass is 620 g/mol. The highest BCUT2D eigenvalue weighted by Gasteiger charge is 2.31. The normalized spacial score (nSPS) is 22.9. The molecule has 0 aromatic heterocycles. The first-order chi connectivity index (χ1) is 21.1. The molecule has 238 valence electrons. The zero-order chi connectivity index (χ0) is 31.5. The van der Waals surface area contributed by atoms with Gasteiger partial charge in [0.2, 0.25) is 11.6 Å². The molecule has 1 N–H and O–H groups in total. The van der Waals surface area contributed by atoms with Crippen molar-refractivity contribution in [3.05, 3.63) is 93.6 Å². The molecule has 0 bridgehead atoms. The lowest BCUT2D eigenvalue weighted by atomic mass is 9.76. The highest BCUT2D eigenvalue weighted by Crippen LogP contribution is 2.44. The van der Waals surface area contributed by atoms with Gasteiger partial charge in [-0.3, -0.25) is 0 Å². The molecule has 5 rings (SSSR count). The number of aliphatic hydroxyl groups excluding tert-OH is 1. The van der Waals surface area contributed by atoms with Crippen molar-refractivity contribution in [1.29, 1.82) is 0 Å². The molecule has 3 nitrogen and oxygen atoms in total. The molecule has 0 saturated heterocycles. The number of rotatable bonds is 9. The molecule has 2 fully saturated rings. The molecule has 2 aliphatic carbocycles. The van der Waals surface area contributed by atoms with Crippen LogP contribution in [0.15, 0.2) is 36.4 Å². The predicted octanol–water partition coefficient (Wildman–Crippen LogP) is 9.77. The third kappa shape index (κ3) is 6.58. The smallest absolute Gasteiger partial charge is 0.200 e. The maximum atomic E-state index is 15.2. The molecule has 0 radical (unpaired) electrons. The molecule has 2 saturated carbocycles. The van der Waals surface area contributed by atoms with E-state index >= 15 is 8.78 Å². The Hall–Kier alpha value is -3.20. The number of hydrogen-bond acceptors (Lipinski definition) is 3. The van der Waals surface area contributed by atoms with Crippen LogP contribution in [0.2, 0.25) is 0 Å². The largest absolute Gasteiger partial charge is 0.491 e. The zero-order valence-electron chi connectivity index (χ0n) is 25.0. The first-order valence-electron chi connectivity index (χ1n) is 15.5. The zero-order valence-corrected chi connectivity index (χ0v) is 25.0. The summed E-state index contributed by atoms with van der Waals surface area (Å²) in [6.45, 7) is 3.47. The van der Waals surface area contributed by atoms with Gasteiger partial charge in [-0.1, -0.05) is 24.3 Å². The summed E-state index contributed by atoms with van der Waals surface area (Å²) >= 11 is 0. The van der Waals surface area contributed by atoms with Gasteiger partial charge in [-0.2, -0.15) is 8.78 Å². The van der Waals surface area contributed by atoms with Crippen LogP contribution < -0.4 is 9.47 Å². The van der Waals surface area contributed by atoms with Crippen molar-refractivity contribution < 1.29 is 40.9 Å². The molecular formula is C35H38F6O3. The lowest BCUT2D eigenvalue weighted by Crippen LogP contribution is -2.21. The molecule has 0 aliphatic heterocycles. The molecule has 1 atom stereocenters. The minimum absolute atomic E-state index is 0.0566. The summed E-state index contributed by atoms with van der Waals surface area (Å²) in [6, 6.07) is 8.91. The van der Waals surface area contributed by atoms with Crippen molar-refractivity contribution in [3.63, 3.8) is 0 Å². The number of aliphatic hydroxyl groups is 1. The molecule has 0 amide bonds. The quantitative estimate of drug-likeness (QED) is 0.242. The fraction of sp³-hybridized carbons (Fsp3) is 0.486. The van der Waals surface area contributed by atoms with Gasteiger partial charge in [-0.25, -0.2) is 17.6 Å². The molecule has 0 spiro atoms. The predicted molar refractivity (Wildman–Crippen MR) is 155 cm³/mol. The van der Waals surface area contributed by atoms with E-state index in [1.165, 1.54) is 31.2 Å². The van der Waals surface area contributed by atoms with E-state index in [9.17, 15) is 22.7 Å². The molecule has 3 aromatic rings. The average Bonchev–Trinajstić information content (AvgIpc) is 3.02. The summed E-state index contributed by atoms with van der Waals surface area (Å²) in [7, 11) is 0. The highest BCUT2D eigenvalue weighted by atomic mass is 19.2. The van der Waals surface area contributed by atoms with Gasteiger partial charge in [0.15, 0.2) is 34.8 Å². The SMILES string of the molecule is CCOc1ccc(C2CCC(c3ccc(OCC4CCC(c5ccc(C(C)O)c(F)c5F)CC4)c(F)c3F)CC2)c(F)c1F. The Labute approximate surface area is 254 Å². The van der Waals surface area contributed by atoms with E-state index in [4.69, 9.17) is 9.47 Å². The van der Waals surface area contributed by atoms with Crippen LogP contribution in [0.25, 0.3) is 0 Å². The summed E-state index contributed by atoms with van der Waals surface area (Å²) < 4.78 is 99.2. The third-order valence-corrected chi connectivity index (χ3v) is 9.41. The standard InChI is InChI=1S/C35H38F6O3/c1-3-43-28-16-14-26(32(38)34(28)40)22-8-10-23(11-9-22)27-15-17-29(35(41)33(27)39)44-18-20-4-6-21(7-5-20)25-13-12-24(19(2)42)30(36)31(25)37/h12-17,19-23,42H,3-11,18H2,1-2H3. The number of halogens is 6. The van der Waals surface area contributed by atoms with Gasteiger partial charge < -0.3 is 14.6 Å². The average molecular weight is 621 g/mol. The molecule has 3 aromatic carbocycles. The van der Waals surface area contributed by atoms with Gasteiger partial charge in [0.1, 0.15) is 0 Å². The van der Waals surface area contributed by atoms with E-state index in [2.05, 4.69) is 0 Å². The second-order valence-corrected chi connectivity index (χ2v) is 12.1. The van der Waals surface area contributed by atoms with Crippen LogP contribution in [0, 0.1) is 40.8 Å². The van der Waals surface area contributed by atoms with Crippen LogP contribution in [-0.4, -0.2) is 18.3 Å².